The molecule has 0 atom stereocenters. The fourth-order valence-corrected chi connectivity index (χ4v) is 1.60. The zero-order valence-electron chi connectivity index (χ0n) is 8.34. The Hall–Kier alpha value is -0.570. The maximum Gasteiger partial charge on any atom is 0.219 e. The van der Waals surface area contributed by atoms with Crippen LogP contribution in [-0.2, 0) is 9.53 Å². The highest BCUT2D eigenvalue weighted by Gasteiger charge is 2.14. The summed E-state index contributed by atoms with van der Waals surface area (Å²) >= 11 is 0. The van der Waals surface area contributed by atoms with E-state index in [0.29, 0.717) is 25.7 Å². The van der Waals surface area contributed by atoms with Gasteiger partial charge in [0.2, 0.25) is 5.91 Å². The summed E-state index contributed by atoms with van der Waals surface area (Å²) in [5, 5.41) is 2.79. The van der Waals surface area contributed by atoms with E-state index in [1.54, 1.807) is 0 Å². The number of hydrogen-bond donors (Lipinski definition) is 1. The van der Waals surface area contributed by atoms with Crippen molar-refractivity contribution in [3.8, 4) is 0 Å². The van der Waals surface area contributed by atoms with Gasteiger partial charge in [0.25, 0.3) is 0 Å². The van der Waals surface area contributed by atoms with Crippen LogP contribution in [0.25, 0.3) is 0 Å². The number of nitrogens with one attached hydrogen (secondary N) is 1. The molecule has 0 spiro atoms. The van der Waals surface area contributed by atoms with Crippen molar-refractivity contribution >= 4 is 5.91 Å². The summed E-state index contributed by atoms with van der Waals surface area (Å²) in [4.78, 5) is 10.8. The highest BCUT2D eigenvalue weighted by atomic mass is 16.5. The van der Waals surface area contributed by atoms with Gasteiger partial charge in [-0.25, -0.2) is 0 Å². The number of carbonyl (C=O) groups excluding carboxylic acids is 1. The molecule has 1 amide bonds. The topological polar surface area (TPSA) is 38.3 Å². The smallest absolute Gasteiger partial charge is 0.219 e. The molecule has 76 valence electrons. The van der Waals surface area contributed by atoms with Crippen molar-refractivity contribution in [2.24, 2.45) is 0 Å². The zero-order chi connectivity index (χ0) is 9.52. The highest BCUT2D eigenvalue weighted by molar-refractivity contribution is 5.75. The van der Waals surface area contributed by atoms with Crippen LogP contribution in [0.3, 0.4) is 0 Å². The van der Waals surface area contributed by atoms with E-state index in [1.165, 1.54) is 25.7 Å². The molecule has 0 unspecified atom stereocenters. The normalized spacial score (nSPS) is 17.6. The van der Waals surface area contributed by atoms with E-state index in [9.17, 15) is 4.79 Å². The highest BCUT2D eigenvalue weighted by Crippen LogP contribution is 2.20. The molecule has 13 heavy (non-hydrogen) atoms. The van der Waals surface area contributed by atoms with Gasteiger partial charge in [0, 0.05) is 13.0 Å². The van der Waals surface area contributed by atoms with E-state index in [2.05, 4.69) is 5.32 Å². The van der Waals surface area contributed by atoms with Crippen LogP contribution in [0.4, 0.5) is 0 Å². The lowest BCUT2D eigenvalue weighted by Gasteiger charge is -2.10. The van der Waals surface area contributed by atoms with Crippen LogP contribution in [0.15, 0.2) is 0 Å². The summed E-state index contributed by atoms with van der Waals surface area (Å²) in [6.07, 6.45) is 6.00. The summed E-state index contributed by atoms with van der Waals surface area (Å²) in [7, 11) is 0. The number of ether oxygens (including phenoxy) is 1. The first-order valence-electron chi connectivity index (χ1n) is 5.21. The van der Waals surface area contributed by atoms with Gasteiger partial charge in [-0.1, -0.05) is 19.8 Å². The molecular weight excluding hydrogens is 166 g/mol. The molecule has 3 nitrogen and oxygen atoms in total. The van der Waals surface area contributed by atoms with Gasteiger partial charge in [-0.2, -0.15) is 0 Å². The summed E-state index contributed by atoms with van der Waals surface area (Å²) in [6, 6.07) is 0. The van der Waals surface area contributed by atoms with Crippen LogP contribution in [0.1, 0.15) is 39.0 Å². The Labute approximate surface area is 79.8 Å². The molecule has 1 fully saturated rings. The fraction of sp³-hybridized carbons (Fsp3) is 0.900. The lowest BCUT2D eigenvalue weighted by molar-refractivity contribution is -0.121. The lowest BCUT2D eigenvalue weighted by atomic mass is 10.3. The minimum atomic E-state index is 0.107. The van der Waals surface area contributed by atoms with Gasteiger partial charge in [-0.05, 0) is 12.8 Å². The molecule has 0 heterocycles. The summed E-state index contributed by atoms with van der Waals surface area (Å²) in [5.74, 6) is 0.107. The van der Waals surface area contributed by atoms with Gasteiger partial charge in [0.15, 0.2) is 0 Å². The summed E-state index contributed by atoms with van der Waals surface area (Å²) in [5.41, 5.74) is 0. The second kappa shape index (κ2) is 5.97. The first-order chi connectivity index (χ1) is 6.33. The quantitative estimate of drug-likeness (QED) is 0.659. The predicted octanol–water partition coefficient (Wildman–Crippen LogP) is 1.47. The van der Waals surface area contributed by atoms with Crippen molar-refractivity contribution in [1.29, 1.82) is 0 Å². The second-order valence-corrected chi connectivity index (χ2v) is 3.48. The standard InChI is InChI=1S/C10H19NO2/c1-2-10(12)11-7-8-13-9-5-3-4-6-9/h9H,2-8H2,1H3,(H,11,12). The van der Waals surface area contributed by atoms with Crippen LogP contribution in [0, 0.1) is 0 Å². The molecular formula is C10H19NO2. The fourth-order valence-electron chi connectivity index (χ4n) is 1.60. The average Bonchev–Trinajstić information content (AvgIpc) is 2.64. The minimum absolute atomic E-state index is 0.107. The molecule has 1 aliphatic rings. The molecule has 0 aromatic rings. The molecule has 0 aliphatic heterocycles. The molecule has 1 rings (SSSR count). The third-order valence-corrected chi connectivity index (χ3v) is 2.40. The Morgan fingerprint density at radius 3 is 2.77 bits per heavy atom. The van der Waals surface area contributed by atoms with E-state index < -0.39 is 0 Å². The van der Waals surface area contributed by atoms with Crippen molar-refractivity contribution in [3.05, 3.63) is 0 Å². The van der Waals surface area contributed by atoms with Gasteiger partial charge in [0.1, 0.15) is 0 Å². The first-order valence-corrected chi connectivity index (χ1v) is 5.21. The minimum Gasteiger partial charge on any atom is -0.376 e. The van der Waals surface area contributed by atoms with Crippen LogP contribution in [0.2, 0.25) is 0 Å². The monoisotopic (exact) mass is 185 g/mol. The van der Waals surface area contributed by atoms with Gasteiger partial charge in [-0.15, -0.1) is 0 Å². The Balaban J connectivity index is 1.91. The van der Waals surface area contributed by atoms with Crippen molar-refractivity contribution in [2.75, 3.05) is 13.2 Å². The SMILES string of the molecule is CCC(=O)NCCOC1CCCC1. The van der Waals surface area contributed by atoms with Crippen LogP contribution >= 0.6 is 0 Å². The zero-order valence-corrected chi connectivity index (χ0v) is 8.34. The first kappa shape index (κ1) is 10.5. The third-order valence-electron chi connectivity index (χ3n) is 2.40. The van der Waals surface area contributed by atoms with E-state index in [4.69, 9.17) is 4.74 Å². The van der Waals surface area contributed by atoms with Gasteiger partial charge in [0.05, 0.1) is 12.7 Å². The van der Waals surface area contributed by atoms with Crippen LogP contribution < -0.4 is 5.32 Å². The van der Waals surface area contributed by atoms with Gasteiger partial charge in [-0.3, -0.25) is 4.79 Å². The Bertz CT molecular complexity index is 153. The maximum absolute atomic E-state index is 10.8. The van der Waals surface area contributed by atoms with E-state index in [0.717, 1.165) is 0 Å². The lowest BCUT2D eigenvalue weighted by Crippen LogP contribution is -2.27. The van der Waals surface area contributed by atoms with E-state index in [1.807, 2.05) is 6.92 Å². The largest absolute Gasteiger partial charge is 0.376 e. The molecule has 1 aliphatic carbocycles. The summed E-state index contributed by atoms with van der Waals surface area (Å²) in [6.45, 7) is 3.17. The molecule has 0 saturated heterocycles. The predicted molar refractivity (Wildman–Crippen MR) is 51.5 cm³/mol. The van der Waals surface area contributed by atoms with Gasteiger partial charge >= 0.3 is 0 Å². The van der Waals surface area contributed by atoms with Gasteiger partial charge < -0.3 is 10.1 Å². The molecule has 1 saturated carbocycles. The van der Waals surface area contributed by atoms with Crippen molar-refractivity contribution in [3.63, 3.8) is 0 Å². The van der Waals surface area contributed by atoms with Crippen molar-refractivity contribution in [1.82, 2.24) is 5.32 Å². The molecule has 0 radical (unpaired) electrons. The van der Waals surface area contributed by atoms with E-state index in [-0.39, 0.29) is 5.91 Å². The van der Waals surface area contributed by atoms with Crippen molar-refractivity contribution in [2.45, 2.75) is 45.1 Å². The van der Waals surface area contributed by atoms with Crippen molar-refractivity contribution < 1.29 is 9.53 Å². The number of amides is 1. The average molecular weight is 185 g/mol. The Morgan fingerprint density at radius 2 is 2.15 bits per heavy atom. The third kappa shape index (κ3) is 4.27. The Morgan fingerprint density at radius 1 is 1.46 bits per heavy atom. The van der Waals surface area contributed by atoms with E-state index >= 15 is 0 Å². The molecule has 0 aromatic carbocycles. The molecule has 1 N–H and O–H groups in total. The molecule has 0 bridgehead atoms. The number of carbonyl (C=O) groups is 1. The second-order valence-electron chi connectivity index (χ2n) is 3.48. The number of rotatable bonds is 5. The molecule has 0 aromatic heterocycles. The summed E-state index contributed by atoms with van der Waals surface area (Å²) < 4.78 is 5.58. The molecule has 3 heteroatoms. The Kier molecular flexibility index (Phi) is 4.83. The maximum atomic E-state index is 10.8. The van der Waals surface area contributed by atoms with Crippen LogP contribution in [0.5, 0.6) is 0 Å². The number of hydrogen-bond acceptors (Lipinski definition) is 2. The van der Waals surface area contributed by atoms with Crippen LogP contribution in [-0.4, -0.2) is 25.2 Å².